The van der Waals surface area contributed by atoms with Gasteiger partial charge in [0.05, 0.1) is 11.4 Å². The van der Waals surface area contributed by atoms with E-state index in [0.717, 1.165) is 11.1 Å². The average Bonchev–Trinajstić information content (AvgIpc) is 2.66. The van der Waals surface area contributed by atoms with Crippen molar-refractivity contribution >= 4 is 23.2 Å². The Morgan fingerprint density at radius 3 is 1.64 bits per heavy atom. The molecule has 6 heteroatoms. The fraction of sp³-hybridized carbons (Fsp3) is 0.364. The van der Waals surface area contributed by atoms with Crippen LogP contribution >= 0.6 is 0 Å². The van der Waals surface area contributed by atoms with Gasteiger partial charge in [-0.25, -0.2) is 8.78 Å². The minimum atomic E-state index is -0.478. The molecule has 2 unspecified atom stereocenters. The quantitative estimate of drug-likeness (QED) is 0.780. The van der Waals surface area contributed by atoms with Crippen molar-refractivity contribution in [1.29, 1.82) is 0 Å². The molecule has 2 atom stereocenters. The number of nitrogens with one attached hydrogen (secondary N) is 2. The number of hydrogen-bond donors (Lipinski definition) is 2. The first kappa shape index (κ1) is 20.0. The number of aryl methyl sites for hydroxylation is 2. The van der Waals surface area contributed by atoms with Crippen LogP contribution in [0.4, 0.5) is 20.2 Å². The SMILES string of the molecule is Cc1ccc(NC(=O)C2CCCC(C(=O)Nc3ccc(C)cc3F)C2)c(F)c1. The Morgan fingerprint density at radius 2 is 1.25 bits per heavy atom. The maximum atomic E-state index is 14.0. The molecule has 3 rings (SSSR count). The number of anilines is 2. The fourth-order valence-electron chi connectivity index (χ4n) is 3.58. The summed E-state index contributed by atoms with van der Waals surface area (Å²) in [5.74, 6) is -2.30. The number of hydrogen-bond acceptors (Lipinski definition) is 2. The van der Waals surface area contributed by atoms with Crippen LogP contribution in [0.5, 0.6) is 0 Å². The van der Waals surface area contributed by atoms with Gasteiger partial charge in [-0.15, -0.1) is 0 Å². The van der Waals surface area contributed by atoms with Crippen LogP contribution in [0.2, 0.25) is 0 Å². The topological polar surface area (TPSA) is 58.2 Å². The number of carbonyl (C=O) groups excluding carboxylic acids is 2. The number of benzene rings is 2. The van der Waals surface area contributed by atoms with E-state index in [4.69, 9.17) is 0 Å². The lowest BCUT2D eigenvalue weighted by Gasteiger charge is -2.27. The van der Waals surface area contributed by atoms with Gasteiger partial charge in [-0.2, -0.15) is 0 Å². The molecular formula is C22H24F2N2O2. The first-order valence-electron chi connectivity index (χ1n) is 9.47. The molecular weight excluding hydrogens is 362 g/mol. The van der Waals surface area contributed by atoms with E-state index in [2.05, 4.69) is 10.6 Å². The highest BCUT2D eigenvalue weighted by atomic mass is 19.1. The van der Waals surface area contributed by atoms with E-state index < -0.39 is 11.6 Å². The molecule has 1 aliphatic rings. The van der Waals surface area contributed by atoms with E-state index in [1.54, 1.807) is 26.0 Å². The minimum absolute atomic E-state index is 0.143. The van der Waals surface area contributed by atoms with Crippen molar-refractivity contribution in [2.45, 2.75) is 39.5 Å². The summed E-state index contributed by atoms with van der Waals surface area (Å²) < 4.78 is 28.0. The molecule has 1 saturated carbocycles. The molecule has 0 aromatic heterocycles. The molecule has 0 radical (unpaired) electrons. The third-order valence-corrected chi connectivity index (χ3v) is 5.18. The van der Waals surface area contributed by atoms with Gasteiger partial charge in [0, 0.05) is 11.8 Å². The van der Waals surface area contributed by atoms with E-state index in [1.165, 1.54) is 24.3 Å². The van der Waals surface area contributed by atoms with Gasteiger partial charge in [0.15, 0.2) is 0 Å². The normalized spacial score (nSPS) is 19.1. The second-order valence-corrected chi connectivity index (χ2v) is 7.51. The highest BCUT2D eigenvalue weighted by Gasteiger charge is 2.31. The Balaban J connectivity index is 1.62. The molecule has 2 aromatic rings. The van der Waals surface area contributed by atoms with E-state index in [1.807, 2.05) is 0 Å². The van der Waals surface area contributed by atoms with Crippen LogP contribution in [0, 0.1) is 37.3 Å². The van der Waals surface area contributed by atoms with Gasteiger partial charge in [0.2, 0.25) is 11.8 Å². The summed E-state index contributed by atoms with van der Waals surface area (Å²) in [5.41, 5.74) is 1.83. The van der Waals surface area contributed by atoms with Crippen LogP contribution < -0.4 is 10.6 Å². The largest absolute Gasteiger partial charge is 0.323 e. The maximum Gasteiger partial charge on any atom is 0.227 e. The molecule has 28 heavy (non-hydrogen) atoms. The molecule has 0 bridgehead atoms. The Labute approximate surface area is 163 Å². The molecule has 148 valence electrons. The van der Waals surface area contributed by atoms with Crippen molar-refractivity contribution < 1.29 is 18.4 Å². The van der Waals surface area contributed by atoms with Gasteiger partial charge in [-0.1, -0.05) is 18.6 Å². The second kappa shape index (κ2) is 8.50. The third-order valence-electron chi connectivity index (χ3n) is 5.18. The van der Waals surface area contributed by atoms with E-state index in [9.17, 15) is 18.4 Å². The number of halogens is 2. The summed E-state index contributed by atoms with van der Waals surface area (Å²) >= 11 is 0. The summed E-state index contributed by atoms with van der Waals surface area (Å²) in [6.45, 7) is 3.55. The first-order chi connectivity index (χ1) is 13.3. The molecule has 0 saturated heterocycles. The number of amides is 2. The predicted octanol–water partition coefficient (Wildman–Crippen LogP) is 4.97. The van der Waals surface area contributed by atoms with E-state index in [0.29, 0.717) is 25.7 Å². The van der Waals surface area contributed by atoms with Crippen LogP contribution in [0.15, 0.2) is 36.4 Å². The lowest BCUT2D eigenvalue weighted by atomic mass is 9.80. The van der Waals surface area contributed by atoms with Gasteiger partial charge in [-0.05, 0) is 68.5 Å². The van der Waals surface area contributed by atoms with Crippen LogP contribution in [-0.2, 0) is 9.59 Å². The zero-order chi connectivity index (χ0) is 20.3. The van der Waals surface area contributed by atoms with E-state index in [-0.39, 0.29) is 35.0 Å². The molecule has 1 fully saturated rings. The van der Waals surface area contributed by atoms with Gasteiger partial charge in [-0.3, -0.25) is 9.59 Å². The van der Waals surface area contributed by atoms with Crippen molar-refractivity contribution in [1.82, 2.24) is 0 Å². The second-order valence-electron chi connectivity index (χ2n) is 7.51. The average molecular weight is 386 g/mol. The molecule has 0 heterocycles. The highest BCUT2D eigenvalue weighted by Crippen LogP contribution is 2.31. The Kier molecular flexibility index (Phi) is 6.07. The van der Waals surface area contributed by atoms with Gasteiger partial charge < -0.3 is 10.6 Å². The van der Waals surface area contributed by atoms with Gasteiger partial charge >= 0.3 is 0 Å². The van der Waals surface area contributed by atoms with Crippen molar-refractivity contribution in [3.05, 3.63) is 59.2 Å². The Bertz CT molecular complexity index is 827. The maximum absolute atomic E-state index is 14.0. The zero-order valence-electron chi connectivity index (χ0n) is 16.0. The van der Waals surface area contributed by atoms with Crippen molar-refractivity contribution in [2.75, 3.05) is 10.6 Å². The summed E-state index contributed by atoms with van der Waals surface area (Å²) in [5, 5.41) is 5.25. The molecule has 0 aliphatic heterocycles. The number of rotatable bonds is 4. The lowest BCUT2D eigenvalue weighted by Crippen LogP contribution is -2.33. The molecule has 2 amide bonds. The molecule has 2 aromatic carbocycles. The minimum Gasteiger partial charge on any atom is -0.323 e. The summed E-state index contributed by atoms with van der Waals surface area (Å²) in [6, 6.07) is 9.26. The smallest absolute Gasteiger partial charge is 0.227 e. The summed E-state index contributed by atoms with van der Waals surface area (Å²) in [6.07, 6.45) is 2.35. The predicted molar refractivity (Wildman–Crippen MR) is 105 cm³/mol. The van der Waals surface area contributed by atoms with Crippen molar-refractivity contribution in [3.63, 3.8) is 0 Å². The highest BCUT2D eigenvalue weighted by molar-refractivity contribution is 5.95. The standard InChI is InChI=1S/C22H24F2N2O2/c1-13-6-8-19(17(23)10-13)25-21(27)15-4-3-5-16(12-15)22(28)26-20-9-7-14(2)11-18(20)24/h6-11,15-16H,3-5,12H2,1-2H3,(H,25,27)(H,26,28). The summed E-state index contributed by atoms with van der Waals surface area (Å²) in [7, 11) is 0. The van der Waals surface area contributed by atoms with Crippen LogP contribution in [-0.4, -0.2) is 11.8 Å². The Hall–Kier alpha value is -2.76. The van der Waals surface area contributed by atoms with Crippen LogP contribution in [0.25, 0.3) is 0 Å². The summed E-state index contributed by atoms with van der Waals surface area (Å²) in [4.78, 5) is 25.1. The van der Waals surface area contributed by atoms with E-state index >= 15 is 0 Å². The van der Waals surface area contributed by atoms with Crippen LogP contribution in [0.3, 0.4) is 0 Å². The van der Waals surface area contributed by atoms with Gasteiger partial charge in [0.25, 0.3) is 0 Å². The van der Waals surface area contributed by atoms with Crippen LogP contribution in [0.1, 0.15) is 36.8 Å². The van der Waals surface area contributed by atoms with Crippen molar-refractivity contribution in [3.8, 4) is 0 Å². The molecule has 0 spiro atoms. The molecule has 2 N–H and O–H groups in total. The number of carbonyl (C=O) groups is 2. The van der Waals surface area contributed by atoms with Crippen molar-refractivity contribution in [2.24, 2.45) is 11.8 Å². The zero-order valence-corrected chi connectivity index (χ0v) is 16.0. The first-order valence-corrected chi connectivity index (χ1v) is 9.47. The third kappa shape index (κ3) is 4.74. The monoisotopic (exact) mass is 386 g/mol. The molecule has 1 aliphatic carbocycles. The van der Waals surface area contributed by atoms with Gasteiger partial charge in [0.1, 0.15) is 11.6 Å². The lowest BCUT2D eigenvalue weighted by molar-refractivity contribution is -0.124. The Morgan fingerprint density at radius 1 is 0.821 bits per heavy atom. The fourth-order valence-corrected chi connectivity index (χ4v) is 3.58. The molecule has 4 nitrogen and oxygen atoms in total.